The van der Waals surface area contributed by atoms with E-state index in [1.54, 1.807) is 13.4 Å². The topological polar surface area (TPSA) is 70.5 Å². The molecule has 6 nitrogen and oxygen atoms in total. The van der Waals surface area contributed by atoms with Crippen molar-refractivity contribution in [2.24, 2.45) is 23.2 Å². The zero-order valence-corrected chi connectivity index (χ0v) is 21.6. The number of aliphatic hydroxyl groups excluding tert-OH is 1. The number of nitrogens with zero attached hydrogens (tertiary/aromatic N) is 3. The van der Waals surface area contributed by atoms with Gasteiger partial charge in [0.05, 0.1) is 18.9 Å². The molecule has 7 heteroatoms. The molecular weight excluding hydrogens is 492 g/mol. The summed E-state index contributed by atoms with van der Waals surface area (Å²) in [5, 5.41) is 14.9. The molecule has 0 spiro atoms. The highest BCUT2D eigenvalue weighted by atomic mass is 79.9. The lowest BCUT2D eigenvalue weighted by atomic mass is 9.48. The average Bonchev–Trinajstić information content (AvgIpc) is 2.81. The van der Waals surface area contributed by atoms with Crippen molar-refractivity contribution in [1.82, 2.24) is 14.9 Å². The zero-order chi connectivity index (χ0) is 23.3. The van der Waals surface area contributed by atoms with Gasteiger partial charge in [-0.15, -0.1) is 0 Å². The second-order valence-electron chi connectivity index (χ2n) is 11.2. The van der Waals surface area contributed by atoms with Gasteiger partial charge >= 0.3 is 0 Å². The number of anilines is 1. The molecule has 2 N–H and O–H groups in total. The third kappa shape index (κ3) is 4.24. The van der Waals surface area contributed by atoms with Crippen LogP contribution in [0.25, 0.3) is 0 Å². The standard InChI is InChI=1S/C27H35BrN4O2/c1-34-24-3-2-21(28)9-20(24)14-32-5-4-22-23(15-32)30-16-31-26(22)29-13-25(33)27-10-17-6-18(11-27)8-19(7-17)12-27/h2-3,9,16-19,25,33H,4-8,10-15H2,1H3,(H,29,30,31). The summed E-state index contributed by atoms with van der Waals surface area (Å²) in [6.45, 7) is 3.15. The molecule has 7 rings (SSSR count). The maximum Gasteiger partial charge on any atom is 0.133 e. The van der Waals surface area contributed by atoms with Crippen LogP contribution in [0.15, 0.2) is 29.0 Å². The lowest BCUT2D eigenvalue weighted by Crippen LogP contribution is -2.53. The summed E-state index contributed by atoms with van der Waals surface area (Å²) in [5.74, 6) is 4.37. The quantitative estimate of drug-likeness (QED) is 0.540. The summed E-state index contributed by atoms with van der Waals surface area (Å²) in [5.41, 5.74) is 3.60. The van der Waals surface area contributed by atoms with Crippen LogP contribution in [0, 0.1) is 23.2 Å². The van der Waals surface area contributed by atoms with Gasteiger partial charge in [-0.05, 0) is 86.3 Å². The summed E-state index contributed by atoms with van der Waals surface area (Å²) in [6.07, 6.45) is 10.1. The average molecular weight is 528 g/mol. The van der Waals surface area contributed by atoms with E-state index in [2.05, 4.69) is 42.2 Å². The summed E-state index contributed by atoms with van der Waals surface area (Å²) in [4.78, 5) is 11.6. The van der Waals surface area contributed by atoms with Gasteiger partial charge in [0, 0.05) is 41.8 Å². The van der Waals surface area contributed by atoms with Gasteiger partial charge in [0.15, 0.2) is 0 Å². The first-order valence-corrected chi connectivity index (χ1v) is 13.6. The van der Waals surface area contributed by atoms with Gasteiger partial charge < -0.3 is 15.2 Å². The van der Waals surface area contributed by atoms with Crippen LogP contribution in [-0.4, -0.2) is 46.3 Å². The Balaban J connectivity index is 1.12. The number of aromatic nitrogens is 2. The van der Waals surface area contributed by atoms with E-state index in [0.717, 1.165) is 65.5 Å². The number of hydrogen-bond donors (Lipinski definition) is 2. The van der Waals surface area contributed by atoms with E-state index in [-0.39, 0.29) is 11.5 Å². The lowest BCUT2D eigenvalue weighted by Gasteiger charge is -2.58. The third-order valence-corrected chi connectivity index (χ3v) is 9.47. The van der Waals surface area contributed by atoms with Crippen LogP contribution in [0.3, 0.4) is 0 Å². The lowest BCUT2D eigenvalue weighted by molar-refractivity contribution is -0.115. The van der Waals surface area contributed by atoms with Crippen molar-refractivity contribution in [2.75, 3.05) is 25.5 Å². The van der Waals surface area contributed by atoms with Crippen molar-refractivity contribution >= 4 is 21.7 Å². The fourth-order valence-corrected chi connectivity index (χ4v) is 8.21. The molecule has 34 heavy (non-hydrogen) atoms. The molecule has 0 saturated heterocycles. The molecule has 0 amide bonds. The Labute approximate surface area is 210 Å². The van der Waals surface area contributed by atoms with E-state index in [0.29, 0.717) is 6.54 Å². The van der Waals surface area contributed by atoms with E-state index in [4.69, 9.17) is 4.74 Å². The normalized spacial score (nSPS) is 30.7. The molecule has 1 aliphatic heterocycles. The molecule has 5 aliphatic rings. The highest BCUT2D eigenvalue weighted by Crippen LogP contribution is 2.61. The summed E-state index contributed by atoms with van der Waals surface area (Å²) in [6, 6.07) is 6.15. The molecular formula is C27H35BrN4O2. The second-order valence-corrected chi connectivity index (χ2v) is 12.2. The first kappa shape index (κ1) is 22.7. The van der Waals surface area contributed by atoms with Crippen LogP contribution < -0.4 is 10.1 Å². The molecule has 1 atom stereocenters. The Morgan fingerprint density at radius 3 is 2.62 bits per heavy atom. The minimum absolute atomic E-state index is 0.134. The molecule has 1 aromatic heterocycles. The number of rotatable bonds is 7. The number of aliphatic hydroxyl groups is 1. The van der Waals surface area contributed by atoms with Crippen molar-refractivity contribution in [1.29, 1.82) is 0 Å². The molecule has 2 aromatic rings. The van der Waals surface area contributed by atoms with E-state index in [9.17, 15) is 5.11 Å². The molecule has 2 heterocycles. The molecule has 4 aliphatic carbocycles. The van der Waals surface area contributed by atoms with Crippen molar-refractivity contribution in [3.05, 3.63) is 45.8 Å². The maximum absolute atomic E-state index is 11.3. The Hall–Kier alpha value is -1.70. The number of methoxy groups -OCH3 is 1. The van der Waals surface area contributed by atoms with Crippen molar-refractivity contribution in [2.45, 2.75) is 64.1 Å². The third-order valence-electron chi connectivity index (χ3n) is 8.98. The first-order chi connectivity index (χ1) is 16.5. The molecule has 182 valence electrons. The summed E-state index contributed by atoms with van der Waals surface area (Å²) < 4.78 is 6.63. The molecule has 4 bridgehead atoms. The Kier molecular flexibility index (Phi) is 6.06. The first-order valence-electron chi connectivity index (χ1n) is 12.8. The van der Waals surface area contributed by atoms with Gasteiger partial charge in [-0.25, -0.2) is 9.97 Å². The number of halogens is 1. The monoisotopic (exact) mass is 526 g/mol. The van der Waals surface area contributed by atoms with Crippen LogP contribution in [0.2, 0.25) is 0 Å². The fraction of sp³-hybridized carbons (Fsp3) is 0.630. The fourth-order valence-electron chi connectivity index (χ4n) is 7.80. The van der Waals surface area contributed by atoms with Gasteiger partial charge in [-0.2, -0.15) is 0 Å². The Morgan fingerprint density at radius 1 is 1.18 bits per heavy atom. The summed E-state index contributed by atoms with van der Waals surface area (Å²) >= 11 is 3.58. The number of ether oxygens (including phenoxy) is 1. The van der Waals surface area contributed by atoms with Crippen LogP contribution in [0.5, 0.6) is 5.75 Å². The minimum atomic E-state index is -0.296. The Morgan fingerprint density at radius 2 is 1.91 bits per heavy atom. The van der Waals surface area contributed by atoms with Crippen LogP contribution in [0.1, 0.15) is 55.3 Å². The predicted molar refractivity (Wildman–Crippen MR) is 136 cm³/mol. The summed E-state index contributed by atoms with van der Waals surface area (Å²) in [7, 11) is 1.72. The zero-order valence-electron chi connectivity index (χ0n) is 20.0. The van der Waals surface area contributed by atoms with Gasteiger partial charge in [0.25, 0.3) is 0 Å². The molecule has 1 unspecified atom stereocenters. The largest absolute Gasteiger partial charge is 0.496 e. The Bertz CT molecular complexity index is 1030. The maximum atomic E-state index is 11.3. The minimum Gasteiger partial charge on any atom is -0.496 e. The molecule has 1 aromatic carbocycles. The number of benzene rings is 1. The van der Waals surface area contributed by atoms with Crippen LogP contribution in [0.4, 0.5) is 5.82 Å². The second kappa shape index (κ2) is 9.07. The molecule has 4 fully saturated rings. The van der Waals surface area contributed by atoms with E-state index >= 15 is 0 Å². The highest BCUT2D eigenvalue weighted by molar-refractivity contribution is 9.10. The highest BCUT2D eigenvalue weighted by Gasteiger charge is 2.53. The van der Waals surface area contributed by atoms with Gasteiger partial charge in [-0.3, -0.25) is 4.90 Å². The predicted octanol–water partition coefficient (Wildman–Crippen LogP) is 4.80. The van der Waals surface area contributed by atoms with Crippen molar-refractivity contribution in [3.63, 3.8) is 0 Å². The number of nitrogens with one attached hydrogen (secondary N) is 1. The SMILES string of the molecule is COc1ccc(Br)cc1CN1CCc2c(ncnc2NCC(O)C23CC4CC(CC(C4)C2)C3)C1. The van der Waals surface area contributed by atoms with Crippen molar-refractivity contribution in [3.8, 4) is 5.75 Å². The molecule has 4 saturated carbocycles. The van der Waals surface area contributed by atoms with Gasteiger partial charge in [0.2, 0.25) is 0 Å². The van der Waals surface area contributed by atoms with Crippen LogP contribution in [-0.2, 0) is 19.5 Å². The van der Waals surface area contributed by atoms with E-state index < -0.39 is 0 Å². The van der Waals surface area contributed by atoms with Crippen molar-refractivity contribution < 1.29 is 9.84 Å². The van der Waals surface area contributed by atoms with Crippen LogP contribution >= 0.6 is 15.9 Å². The number of fused-ring (bicyclic) bond motifs is 1. The van der Waals surface area contributed by atoms with E-state index in [1.807, 2.05) is 12.1 Å². The molecule has 0 radical (unpaired) electrons. The number of hydrogen-bond acceptors (Lipinski definition) is 6. The van der Waals surface area contributed by atoms with Gasteiger partial charge in [0.1, 0.15) is 17.9 Å². The van der Waals surface area contributed by atoms with Gasteiger partial charge in [-0.1, -0.05) is 15.9 Å². The smallest absolute Gasteiger partial charge is 0.133 e. The van der Waals surface area contributed by atoms with E-state index in [1.165, 1.54) is 49.7 Å².